The predicted octanol–water partition coefficient (Wildman–Crippen LogP) is 12.1. The Morgan fingerprint density at radius 2 is 1.02 bits per heavy atom. The minimum Gasteiger partial charge on any atom is -0.473 e. The Hall–Kier alpha value is -4.36. The van der Waals surface area contributed by atoms with E-state index in [4.69, 9.17) is 29.7 Å². The predicted molar refractivity (Wildman–Crippen MR) is 279 cm³/mol. The Morgan fingerprint density at radius 1 is 0.603 bits per heavy atom. The van der Waals surface area contributed by atoms with Gasteiger partial charge in [-0.3, -0.25) is 9.13 Å². The lowest BCUT2D eigenvalue weighted by Gasteiger charge is -2.40. The summed E-state index contributed by atoms with van der Waals surface area (Å²) < 4.78 is 51.7. The molecule has 3 aliphatic heterocycles. The normalized spacial score (nSPS) is 17.1. The van der Waals surface area contributed by atoms with E-state index in [9.17, 15) is 0 Å². The highest BCUT2D eigenvalue weighted by Crippen LogP contribution is 2.79. The number of nitrogens with two attached hydrogens (primary N) is 1. The van der Waals surface area contributed by atoms with Gasteiger partial charge in [0.1, 0.15) is 24.0 Å². The molecule has 10 rings (SSSR count). The van der Waals surface area contributed by atoms with E-state index in [1.165, 1.54) is 0 Å². The number of aliphatic hydroxyl groups is 2. The summed E-state index contributed by atoms with van der Waals surface area (Å²) >= 11 is 0. The third-order valence-corrected chi connectivity index (χ3v) is 16.8. The quantitative estimate of drug-likeness (QED) is 0.0896. The Kier molecular flexibility index (Phi) is 19.2. The number of rotatable bonds is 4. The standard InChI is InChI=1S/C39H29NO5P2.C6H7N.CH4O2.2CH4.H5P3.H3P/c41-46(37-20-10-6-16-32(37)30-14-4-8-18-35(30)44-46)39(47(42)38-21-11-7-17-33(38)31-15-5-9-19-36(31)45-47)27-22-23-34-28(24-27)25-40(26-43-34)29-12-2-1-3-13-29;7-6-4-2-1-3-5-6;2-1-3;;;1-3-2;/h1-24,39H,25-26H2;1-5H,7H2;2-3H,1H2;2*1H4;3H,1-2H2;1H3. The highest BCUT2D eigenvalue weighted by atomic mass is 32.4. The molecule has 0 aliphatic carbocycles. The highest BCUT2D eigenvalue weighted by Gasteiger charge is 2.57. The smallest absolute Gasteiger partial charge is 0.296 e. The van der Waals surface area contributed by atoms with Crippen molar-refractivity contribution in [2.45, 2.75) is 26.8 Å². The molecule has 5 atom stereocenters. The molecule has 330 valence electrons. The lowest BCUT2D eigenvalue weighted by molar-refractivity contribution is 0.0773. The first-order valence-electron chi connectivity index (χ1n) is 19.0. The van der Waals surface area contributed by atoms with Gasteiger partial charge in [-0.25, -0.2) is 0 Å². The van der Waals surface area contributed by atoms with Gasteiger partial charge in [0.05, 0.1) is 10.6 Å². The molecule has 3 aliphatic rings. The molecule has 63 heavy (non-hydrogen) atoms. The van der Waals surface area contributed by atoms with Crippen LogP contribution < -0.4 is 35.0 Å². The molecule has 7 aromatic rings. The molecule has 0 radical (unpaired) electrons. The second kappa shape index (κ2) is 23.5. The fourth-order valence-electron chi connectivity index (χ4n) is 7.51. The van der Waals surface area contributed by atoms with Crippen molar-refractivity contribution in [3.05, 3.63) is 187 Å². The van der Waals surface area contributed by atoms with Crippen molar-refractivity contribution in [2.75, 3.05) is 24.2 Å². The average molecular weight is 959 g/mol. The van der Waals surface area contributed by atoms with E-state index in [2.05, 4.69) is 22.8 Å². The maximum Gasteiger partial charge on any atom is 0.296 e. The largest absolute Gasteiger partial charge is 0.473 e. The molecule has 9 nitrogen and oxygen atoms in total. The van der Waals surface area contributed by atoms with Crippen LogP contribution in [-0.2, 0) is 15.7 Å². The number of hydrogen-bond donors (Lipinski definition) is 3. The molecule has 0 aromatic heterocycles. The van der Waals surface area contributed by atoms with E-state index in [0.717, 1.165) is 52.9 Å². The Labute approximate surface area is 381 Å². The number of hydrogen-bond acceptors (Lipinski definition) is 9. The van der Waals surface area contributed by atoms with Crippen molar-refractivity contribution >= 4 is 72.4 Å². The molecule has 3 heterocycles. The van der Waals surface area contributed by atoms with Crippen LogP contribution in [0.1, 0.15) is 31.4 Å². The summed E-state index contributed by atoms with van der Waals surface area (Å²) in [6, 6.07) is 55.7. The first-order valence-corrected chi connectivity index (χ1v) is 27.0. The summed E-state index contributed by atoms with van der Waals surface area (Å²) in [6.07, 6.45) is 0. The van der Waals surface area contributed by atoms with Gasteiger partial charge in [0.25, 0.3) is 14.7 Å². The number of fused-ring (bicyclic) bond motifs is 7. The molecule has 15 heteroatoms. The van der Waals surface area contributed by atoms with Crippen LogP contribution in [0.25, 0.3) is 22.3 Å². The number of anilines is 2. The molecular formula is C48H56N2O7P6. The number of benzene rings is 7. The number of aliphatic hydroxyl groups excluding tert-OH is 1. The Bertz CT molecular complexity index is 2540. The molecule has 5 unspecified atom stereocenters. The zero-order chi connectivity index (χ0) is 42.1. The van der Waals surface area contributed by atoms with Gasteiger partial charge in [-0.2, -0.15) is 9.90 Å². The molecule has 0 fully saturated rings. The lowest BCUT2D eigenvalue weighted by Crippen LogP contribution is -2.32. The van der Waals surface area contributed by atoms with E-state index in [-0.39, 0.29) is 24.8 Å². The number of para-hydroxylation sites is 4. The summed E-state index contributed by atoms with van der Waals surface area (Å²) in [4.78, 5) is 2.14. The van der Waals surface area contributed by atoms with Gasteiger partial charge in [0, 0.05) is 34.6 Å². The van der Waals surface area contributed by atoms with Crippen LogP contribution in [0.2, 0.25) is 0 Å². The fourth-order valence-corrected chi connectivity index (χ4v) is 14.7. The number of nitrogens with zero attached hydrogens (tertiary/aromatic N) is 1. The maximum absolute atomic E-state index is 16.1. The van der Waals surface area contributed by atoms with Crippen LogP contribution in [0.15, 0.2) is 176 Å². The van der Waals surface area contributed by atoms with E-state index >= 15 is 9.13 Å². The monoisotopic (exact) mass is 958 g/mol. The van der Waals surface area contributed by atoms with Crippen LogP contribution in [-0.4, -0.2) is 23.7 Å². The van der Waals surface area contributed by atoms with Crippen molar-refractivity contribution in [2.24, 2.45) is 0 Å². The molecule has 0 saturated carbocycles. The van der Waals surface area contributed by atoms with E-state index < -0.39 is 26.9 Å². The van der Waals surface area contributed by atoms with Crippen molar-refractivity contribution in [3.8, 4) is 39.5 Å². The lowest BCUT2D eigenvalue weighted by atomic mass is 10.0. The molecule has 7 aromatic carbocycles. The van der Waals surface area contributed by atoms with Gasteiger partial charge < -0.3 is 34.6 Å². The summed E-state index contributed by atoms with van der Waals surface area (Å²) in [7, 11) is -1.99. The van der Waals surface area contributed by atoms with Crippen molar-refractivity contribution in [1.29, 1.82) is 0 Å². The van der Waals surface area contributed by atoms with Gasteiger partial charge in [0.2, 0.25) is 0 Å². The van der Waals surface area contributed by atoms with Gasteiger partial charge in [-0.15, -0.1) is 17.9 Å². The number of nitrogen functional groups attached to an aromatic ring is 1. The van der Waals surface area contributed by atoms with Gasteiger partial charge in [-0.05, 0) is 77.4 Å². The zero-order valence-corrected chi connectivity index (χ0v) is 39.7. The number of ether oxygens (including phenoxy) is 1. The summed E-state index contributed by atoms with van der Waals surface area (Å²) in [5.74, 6) is 1.73. The van der Waals surface area contributed by atoms with Crippen LogP contribution in [0.5, 0.6) is 17.2 Å². The molecule has 0 amide bonds. The molecule has 0 saturated heterocycles. The maximum atomic E-state index is 16.1. The first kappa shape index (κ1) is 51.3. The third kappa shape index (κ3) is 11.0. The van der Waals surface area contributed by atoms with E-state index in [1.807, 2.05) is 176 Å². The highest BCUT2D eigenvalue weighted by molar-refractivity contribution is 8.33. The van der Waals surface area contributed by atoms with Crippen LogP contribution in [0.3, 0.4) is 0 Å². The minimum absolute atomic E-state index is 0. The first-order chi connectivity index (χ1) is 29.2. The summed E-state index contributed by atoms with van der Waals surface area (Å²) in [5, 5.41) is 14.1. The second-order valence-electron chi connectivity index (χ2n) is 13.7. The Morgan fingerprint density at radius 3 is 1.48 bits per heavy atom. The molecular weight excluding hydrogens is 902 g/mol. The van der Waals surface area contributed by atoms with Gasteiger partial charge >= 0.3 is 0 Å². The topological polar surface area (TPSA) is 132 Å². The summed E-state index contributed by atoms with van der Waals surface area (Å²) in [5.41, 5.74) is 12.0. The van der Waals surface area contributed by atoms with E-state index in [0.29, 0.717) is 40.9 Å². The molecule has 0 spiro atoms. The van der Waals surface area contributed by atoms with Crippen molar-refractivity contribution in [3.63, 3.8) is 0 Å². The van der Waals surface area contributed by atoms with Crippen LogP contribution in [0.4, 0.5) is 11.4 Å². The van der Waals surface area contributed by atoms with Gasteiger partial charge in [-0.1, -0.05) is 138 Å². The molecule has 0 bridgehead atoms. The van der Waals surface area contributed by atoms with Gasteiger partial charge in [0.15, 0.2) is 12.1 Å². The summed E-state index contributed by atoms with van der Waals surface area (Å²) in [6.45, 7) is 0.215. The SMILES string of the molecule is C.C.Nc1ccccc1.O=P1(C(c2ccc3c(c2)CN(c2ccccc2)CO3)P2(=O)Oc3ccccc3-c3ccccc32)Oc2ccccc2-c2ccccc21.OCO.P.PPP. The van der Waals surface area contributed by atoms with Crippen molar-refractivity contribution in [1.82, 2.24) is 0 Å². The average Bonchev–Trinajstić information content (AvgIpc) is 3.28. The van der Waals surface area contributed by atoms with Crippen LogP contribution >= 0.6 is 50.5 Å². The van der Waals surface area contributed by atoms with Crippen molar-refractivity contribution < 1.29 is 33.1 Å². The zero-order valence-electron chi connectivity index (χ0n) is 33.2. The third-order valence-electron chi connectivity index (χ3n) is 9.99. The molecule has 4 N–H and O–H groups in total. The Balaban J connectivity index is 0.000000479. The van der Waals surface area contributed by atoms with E-state index in [1.54, 1.807) is 0 Å². The second-order valence-corrected chi connectivity index (χ2v) is 23.2. The van der Waals surface area contributed by atoms with Crippen LogP contribution in [0, 0.1) is 0 Å². The minimum atomic E-state index is -4.02. The fraction of sp³-hybridized carbons (Fsp3) is 0.125.